The van der Waals surface area contributed by atoms with E-state index in [1.807, 2.05) is 12.1 Å². The van der Waals surface area contributed by atoms with Gasteiger partial charge in [-0.05, 0) is 42.5 Å². The van der Waals surface area contributed by atoms with E-state index in [4.69, 9.17) is 39.5 Å². The Hall–Kier alpha value is -3.14. The van der Waals surface area contributed by atoms with Gasteiger partial charge in [0.1, 0.15) is 12.1 Å². The summed E-state index contributed by atoms with van der Waals surface area (Å²) in [5, 5.41) is 10.1. The van der Waals surface area contributed by atoms with Crippen LogP contribution < -0.4 is 9.64 Å². The van der Waals surface area contributed by atoms with Gasteiger partial charge in [0, 0.05) is 36.2 Å². The van der Waals surface area contributed by atoms with Crippen LogP contribution in [0.15, 0.2) is 48.8 Å². The van der Waals surface area contributed by atoms with E-state index >= 15 is 0 Å². The van der Waals surface area contributed by atoms with Crippen LogP contribution in [-0.2, 0) is 4.79 Å². The second-order valence-electron chi connectivity index (χ2n) is 7.58. The van der Waals surface area contributed by atoms with Gasteiger partial charge in [0.25, 0.3) is 5.91 Å². The van der Waals surface area contributed by atoms with Crippen molar-refractivity contribution in [2.24, 2.45) is 0 Å². The molecule has 0 saturated carbocycles. The summed E-state index contributed by atoms with van der Waals surface area (Å²) in [5.74, 6) is 0.985. The zero-order chi connectivity index (χ0) is 23.7. The van der Waals surface area contributed by atoms with Crippen molar-refractivity contribution in [2.45, 2.75) is 0 Å². The third-order valence-corrected chi connectivity index (χ3v) is 6.25. The highest BCUT2D eigenvalue weighted by molar-refractivity contribution is 6.35. The minimum atomic E-state index is -0.118. The average molecular weight is 519 g/mol. The van der Waals surface area contributed by atoms with Crippen molar-refractivity contribution in [3.8, 4) is 11.4 Å². The number of fused-ring (bicyclic) bond motifs is 1. The number of carbonyl (C=O) groups excluding carboxylic acids is 1. The molecule has 5 rings (SSSR count). The molecule has 0 radical (unpaired) electrons. The lowest BCUT2D eigenvalue weighted by molar-refractivity contribution is -0.133. The molecule has 0 unspecified atom stereocenters. The monoisotopic (exact) mass is 517 g/mol. The molecule has 0 bridgehead atoms. The van der Waals surface area contributed by atoms with Crippen molar-refractivity contribution in [3.05, 3.63) is 63.9 Å². The number of piperazine rings is 1. The van der Waals surface area contributed by atoms with Gasteiger partial charge in [0.2, 0.25) is 0 Å². The highest BCUT2D eigenvalue weighted by Crippen LogP contribution is 2.28. The molecule has 1 aliphatic rings. The maximum absolute atomic E-state index is 12.6. The molecule has 2 aromatic heterocycles. The molecular weight excluding hydrogens is 501 g/mol. The number of anilines is 1. The van der Waals surface area contributed by atoms with Crippen molar-refractivity contribution in [1.82, 2.24) is 29.9 Å². The van der Waals surface area contributed by atoms with Gasteiger partial charge >= 0.3 is 0 Å². The van der Waals surface area contributed by atoms with Gasteiger partial charge in [0.15, 0.2) is 23.6 Å². The van der Waals surface area contributed by atoms with Gasteiger partial charge < -0.3 is 14.5 Å². The smallest absolute Gasteiger partial charge is 0.260 e. The lowest BCUT2D eigenvalue weighted by Crippen LogP contribution is -2.50. The molecule has 1 aliphatic heterocycles. The summed E-state index contributed by atoms with van der Waals surface area (Å²) in [5.41, 5.74) is 1.99. The molecule has 0 N–H and O–H groups in total. The molecule has 3 heterocycles. The van der Waals surface area contributed by atoms with Crippen LogP contribution in [0.4, 0.5) is 5.82 Å². The molecule has 12 heteroatoms. The Labute approximate surface area is 209 Å². The maximum Gasteiger partial charge on any atom is 0.260 e. The van der Waals surface area contributed by atoms with Gasteiger partial charge in [-0.3, -0.25) is 4.79 Å². The SMILES string of the molecule is O=C(COc1ccc(Cl)cc1Cl)N1CCN(c2ncnc3c2nnn3-c2ccc(Cl)cc2)CC1. The minimum absolute atomic E-state index is 0.103. The maximum atomic E-state index is 12.6. The van der Waals surface area contributed by atoms with Crippen molar-refractivity contribution >= 4 is 57.7 Å². The van der Waals surface area contributed by atoms with E-state index in [-0.39, 0.29) is 12.5 Å². The Morgan fingerprint density at radius 1 is 0.941 bits per heavy atom. The topological polar surface area (TPSA) is 89.3 Å². The first-order valence-electron chi connectivity index (χ1n) is 10.4. The highest BCUT2D eigenvalue weighted by atomic mass is 35.5. The van der Waals surface area contributed by atoms with E-state index in [9.17, 15) is 4.79 Å². The summed E-state index contributed by atoms with van der Waals surface area (Å²) >= 11 is 18.0. The summed E-state index contributed by atoms with van der Waals surface area (Å²) in [6.45, 7) is 2.12. The van der Waals surface area contributed by atoms with Crippen molar-refractivity contribution in [3.63, 3.8) is 0 Å². The number of carbonyl (C=O) groups is 1. The summed E-state index contributed by atoms with van der Waals surface area (Å²) in [6.07, 6.45) is 1.49. The second kappa shape index (κ2) is 9.61. The Kier molecular flexibility index (Phi) is 6.40. The summed E-state index contributed by atoms with van der Waals surface area (Å²) < 4.78 is 7.23. The number of rotatable bonds is 5. The first-order valence-corrected chi connectivity index (χ1v) is 11.6. The number of halogens is 3. The normalized spacial score (nSPS) is 14.0. The minimum Gasteiger partial charge on any atom is -0.482 e. The van der Waals surface area contributed by atoms with Gasteiger partial charge in [-0.15, -0.1) is 5.10 Å². The molecule has 2 aromatic carbocycles. The van der Waals surface area contributed by atoms with E-state index in [2.05, 4.69) is 25.2 Å². The average Bonchev–Trinajstić information content (AvgIpc) is 3.28. The van der Waals surface area contributed by atoms with E-state index in [1.54, 1.807) is 39.9 Å². The Morgan fingerprint density at radius 3 is 2.41 bits per heavy atom. The Bertz CT molecular complexity index is 1340. The van der Waals surface area contributed by atoms with Gasteiger partial charge in [-0.1, -0.05) is 40.0 Å². The van der Waals surface area contributed by atoms with Crippen LogP contribution in [0.2, 0.25) is 15.1 Å². The molecule has 1 fully saturated rings. The van der Waals surface area contributed by atoms with Gasteiger partial charge in [-0.2, -0.15) is 4.68 Å². The van der Waals surface area contributed by atoms with Crippen LogP contribution in [0.5, 0.6) is 5.75 Å². The largest absolute Gasteiger partial charge is 0.482 e. The fourth-order valence-corrected chi connectivity index (χ4v) is 4.30. The number of amides is 1. The highest BCUT2D eigenvalue weighted by Gasteiger charge is 2.25. The number of ether oxygens (including phenoxy) is 1. The van der Waals surface area contributed by atoms with Crippen LogP contribution in [0.3, 0.4) is 0 Å². The third-order valence-electron chi connectivity index (χ3n) is 5.47. The van der Waals surface area contributed by atoms with Crippen LogP contribution in [-0.4, -0.2) is 68.6 Å². The Morgan fingerprint density at radius 2 is 1.68 bits per heavy atom. The van der Waals surface area contributed by atoms with Crippen LogP contribution in [0.1, 0.15) is 0 Å². The number of hydrogen-bond donors (Lipinski definition) is 0. The zero-order valence-electron chi connectivity index (χ0n) is 17.7. The first-order chi connectivity index (χ1) is 16.5. The van der Waals surface area contributed by atoms with Gasteiger partial charge in [0.05, 0.1) is 10.7 Å². The molecule has 1 amide bonds. The van der Waals surface area contributed by atoms with Crippen LogP contribution >= 0.6 is 34.8 Å². The lowest BCUT2D eigenvalue weighted by atomic mass is 10.3. The quantitative estimate of drug-likeness (QED) is 0.396. The molecule has 0 aliphatic carbocycles. The van der Waals surface area contributed by atoms with E-state index in [0.29, 0.717) is 64.0 Å². The molecule has 9 nitrogen and oxygen atoms in total. The number of aromatic nitrogens is 5. The van der Waals surface area contributed by atoms with Crippen LogP contribution in [0, 0.1) is 0 Å². The molecule has 174 valence electrons. The molecule has 0 atom stereocenters. The summed E-state index contributed by atoms with van der Waals surface area (Å²) in [6, 6.07) is 12.2. The first kappa shape index (κ1) is 22.6. The summed E-state index contributed by atoms with van der Waals surface area (Å²) in [4.78, 5) is 25.3. The lowest BCUT2D eigenvalue weighted by Gasteiger charge is -2.35. The number of hydrogen-bond acceptors (Lipinski definition) is 7. The fourth-order valence-electron chi connectivity index (χ4n) is 3.72. The predicted octanol–water partition coefficient (Wildman–Crippen LogP) is 3.90. The van der Waals surface area contributed by atoms with Crippen molar-refractivity contribution in [1.29, 1.82) is 0 Å². The van der Waals surface area contributed by atoms with Crippen molar-refractivity contribution in [2.75, 3.05) is 37.7 Å². The van der Waals surface area contributed by atoms with Crippen LogP contribution in [0.25, 0.3) is 16.9 Å². The zero-order valence-corrected chi connectivity index (χ0v) is 20.0. The third kappa shape index (κ3) is 4.59. The van der Waals surface area contributed by atoms with E-state index < -0.39 is 0 Å². The molecule has 0 spiro atoms. The van der Waals surface area contributed by atoms with Crippen molar-refractivity contribution < 1.29 is 9.53 Å². The predicted molar refractivity (Wildman–Crippen MR) is 130 cm³/mol. The molecule has 1 saturated heterocycles. The van der Waals surface area contributed by atoms with E-state index in [0.717, 1.165) is 5.69 Å². The van der Waals surface area contributed by atoms with E-state index in [1.165, 1.54) is 6.33 Å². The number of benzene rings is 2. The van der Waals surface area contributed by atoms with Gasteiger partial charge in [-0.25, -0.2) is 9.97 Å². The number of nitrogens with zero attached hydrogens (tertiary/aromatic N) is 7. The summed E-state index contributed by atoms with van der Waals surface area (Å²) in [7, 11) is 0. The fraction of sp³-hybridized carbons (Fsp3) is 0.227. The second-order valence-corrected chi connectivity index (χ2v) is 8.86. The molecule has 34 heavy (non-hydrogen) atoms. The standard InChI is InChI=1S/C22H18Cl3N7O2/c23-14-1-4-16(5-2-14)32-22-20(28-29-32)21(26-13-27-22)31-9-7-30(8-10-31)19(33)12-34-18-6-3-15(24)11-17(18)25/h1-6,11,13H,7-10,12H2. The Balaban J connectivity index is 1.25. The molecular formula is C22H18Cl3N7O2. The molecule has 4 aromatic rings.